The largest absolute Gasteiger partial charge is 0.478 e. The SMILES string of the molecule is NC(=O)c1ccc(C(=O)O)c(NC(=O)c2ccc(Cc3c[nH]c4nc(N)[nH]c(=O)c34)cc2)c1. The number of carbonyl (C=O) groups is 3. The first-order valence-corrected chi connectivity index (χ1v) is 9.66. The first kappa shape index (κ1) is 21.3. The van der Waals surface area contributed by atoms with Crippen LogP contribution in [-0.2, 0) is 6.42 Å². The molecule has 166 valence electrons. The molecule has 2 aromatic heterocycles. The maximum atomic E-state index is 12.7. The van der Waals surface area contributed by atoms with Crippen LogP contribution < -0.4 is 22.3 Å². The number of aromatic amines is 2. The van der Waals surface area contributed by atoms with E-state index in [1.807, 2.05) is 0 Å². The normalized spacial score (nSPS) is 10.8. The number of nitrogens with two attached hydrogens (primary N) is 2. The van der Waals surface area contributed by atoms with Gasteiger partial charge >= 0.3 is 5.97 Å². The highest BCUT2D eigenvalue weighted by atomic mass is 16.4. The van der Waals surface area contributed by atoms with E-state index in [2.05, 4.69) is 20.3 Å². The molecule has 11 nitrogen and oxygen atoms in total. The number of hydrogen-bond acceptors (Lipinski definition) is 6. The zero-order valence-electron chi connectivity index (χ0n) is 17.0. The van der Waals surface area contributed by atoms with Crippen molar-refractivity contribution >= 4 is 40.5 Å². The zero-order valence-corrected chi connectivity index (χ0v) is 17.0. The molecular formula is C22H18N6O5. The lowest BCUT2D eigenvalue weighted by Gasteiger charge is -2.10. The van der Waals surface area contributed by atoms with Gasteiger partial charge in [-0.15, -0.1) is 0 Å². The third kappa shape index (κ3) is 4.28. The van der Waals surface area contributed by atoms with Crippen LogP contribution in [0.2, 0.25) is 0 Å². The fraction of sp³-hybridized carbons (Fsp3) is 0.0455. The number of fused-ring (bicyclic) bond motifs is 1. The molecule has 0 aliphatic carbocycles. The van der Waals surface area contributed by atoms with E-state index in [0.717, 1.165) is 5.56 Å². The van der Waals surface area contributed by atoms with Crippen LogP contribution in [0.25, 0.3) is 11.0 Å². The Morgan fingerprint density at radius 2 is 1.76 bits per heavy atom. The molecule has 0 fully saturated rings. The molecule has 0 aliphatic rings. The molecule has 8 N–H and O–H groups in total. The van der Waals surface area contributed by atoms with Crippen molar-refractivity contribution in [3.8, 4) is 0 Å². The average molecular weight is 446 g/mol. The van der Waals surface area contributed by atoms with Gasteiger partial charge in [-0.1, -0.05) is 12.1 Å². The first-order chi connectivity index (χ1) is 15.7. The lowest BCUT2D eigenvalue weighted by Crippen LogP contribution is -2.17. The number of amides is 2. The summed E-state index contributed by atoms with van der Waals surface area (Å²) in [4.78, 5) is 57.2. The average Bonchev–Trinajstić information content (AvgIpc) is 3.16. The lowest BCUT2D eigenvalue weighted by atomic mass is 10.0. The number of hydrogen-bond donors (Lipinski definition) is 6. The molecule has 0 aliphatic heterocycles. The second-order valence-electron chi connectivity index (χ2n) is 7.25. The summed E-state index contributed by atoms with van der Waals surface area (Å²) in [6.45, 7) is 0. The summed E-state index contributed by atoms with van der Waals surface area (Å²) in [7, 11) is 0. The first-order valence-electron chi connectivity index (χ1n) is 9.66. The van der Waals surface area contributed by atoms with Crippen LogP contribution in [-0.4, -0.2) is 37.8 Å². The number of aromatic nitrogens is 3. The fourth-order valence-corrected chi connectivity index (χ4v) is 3.44. The Morgan fingerprint density at radius 3 is 2.42 bits per heavy atom. The molecule has 0 radical (unpaired) electrons. The van der Waals surface area contributed by atoms with Gasteiger partial charge in [-0.2, -0.15) is 4.98 Å². The van der Waals surface area contributed by atoms with Crippen LogP contribution in [0.15, 0.2) is 53.5 Å². The summed E-state index contributed by atoms with van der Waals surface area (Å²) in [5.41, 5.74) is 12.5. The van der Waals surface area contributed by atoms with Crippen LogP contribution in [0.5, 0.6) is 0 Å². The van der Waals surface area contributed by atoms with E-state index >= 15 is 0 Å². The lowest BCUT2D eigenvalue weighted by molar-refractivity contribution is 0.0697. The summed E-state index contributed by atoms with van der Waals surface area (Å²) in [5, 5.41) is 12.3. The van der Waals surface area contributed by atoms with Crippen molar-refractivity contribution < 1.29 is 19.5 Å². The Morgan fingerprint density at radius 1 is 1.06 bits per heavy atom. The molecule has 0 saturated heterocycles. The fourth-order valence-electron chi connectivity index (χ4n) is 3.44. The van der Waals surface area contributed by atoms with Crippen molar-refractivity contribution in [3.63, 3.8) is 0 Å². The second-order valence-corrected chi connectivity index (χ2v) is 7.25. The number of anilines is 2. The highest BCUT2D eigenvalue weighted by Gasteiger charge is 2.16. The van der Waals surface area contributed by atoms with Gasteiger partial charge in [0.1, 0.15) is 5.65 Å². The van der Waals surface area contributed by atoms with E-state index in [-0.39, 0.29) is 33.9 Å². The number of nitrogens with zero attached hydrogens (tertiary/aromatic N) is 1. The summed E-state index contributed by atoms with van der Waals surface area (Å²) >= 11 is 0. The Labute approximate surface area is 185 Å². The van der Waals surface area contributed by atoms with E-state index in [1.54, 1.807) is 30.5 Å². The van der Waals surface area contributed by atoms with Crippen molar-refractivity contribution in [2.45, 2.75) is 6.42 Å². The number of benzene rings is 2. The van der Waals surface area contributed by atoms with Crippen LogP contribution in [0, 0.1) is 0 Å². The maximum absolute atomic E-state index is 12.7. The minimum absolute atomic E-state index is 0.0173. The topological polar surface area (TPSA) is 197 Å². The van der Waals surface area contributed by atoms with Crippen LogP contribution in [0.1, 0.15) is 42.2 Å². The Balaban J connectivity index is 1.55. The van der Waals surface area contributed by atoms with E-state index in [0.29, 0.717) is 23.0 Å². The standard InChI is InChI=1S/C22H18N6O5/c23-17(29)12-5-6-14(21(32)33)15(8-12)26-19(30)11-3-1-10(2-4-11)7-13-9-25-18-16(13)20(31)28-22(24)27-18/h1-6,8-9H,7H2,(H2,23,29)(H,26,30)(H,32,33)(H4,24,25,27,28,31). The minimum Gasteiger partial charge on any atom is -0.478 e. The summed E-state index contributed by atoms with van der Waals surface area (Å²) in [6, 6.07) is 10.3. The monoisotopic (exact) mass is 446 g/mol. The van der Waals surface area contributed by atoms with Gasteiger partial charge in [0.05, 0.1) is 16.6 Å². The van der Waals surface area contributed by atoms with Crippen molar-refractivity contribution in [2.24, 2.45) is 5.73 Å². The summed E-state index contributed by atoms with van der Waals surface area (Å²) < 4.78 is 0. The number of nitrogen functional groups attached to an aromatic ring is 1. The van der Waals surface area contributed by atoms with Gasteiger partial charge in [0.15, 0.2) is 0 Å². The number of carbonyl (C=O) groups excluding carboxylic acids is 2. The van der Waals surface area contributed by atoms with Gasteiger partial charge in [-0.3, -0.25) is 19.4 Å². The van der Waals surface area contributed by atoms with Gasteiger partial charge in [-0.25, -0.2) is 4.79 Å². The van der Waals surface area contributed by atoms with E-state index < -0.39 is 17.8 Å². The molecule has 0 spiro atoms. The van der Waals surface area contributed by atoms with Crippen LogP contribution >= 0.6 is 0 Å². The van der Waals surface area contributed by atoms with Gasteiger partial charge < -0.3 is 26.9 Å². The molecule has 0 bridgehead atoms. The predicted molar refractivity (Wildman–Crippen MR) is 120 cm³/mol. The molecule has 0 saturated carbocycles. The van der Waals surface area contributed by atoms with E-state index in [9.17, 15) is 24.3 Å². The molecule has 2 heterocycles. The maximum Gasteiger partial charge on any atom is 0.337 e. The number of aromatic carboxylic acids is 1. The number of rotatable bonds is 6. The highest BCUT2D eigenvalue weighted by molar-refractivity contribution is 6.09. The van der Waals surface area contributed by atoms with Crippen LogP contribution in [0.3, 0.4) is 0 Å². The molecular weight excluding hydrogens is 428 g/mol. The Hall–Kier alpha value is -4.93. The Kier molecular flexibility index (Phi) is 5.36. The third-order valence-corrected chi connectivity index (χ3v) is 5.04. The smallest absolute Gasteiger partial charge is 0.337 e. The summed E-state index contributed by atoms with van der Waals surface area (Å²) in [6.07, 6.45) is 2.08. The second kappa shape index (κ2) is 8.30. The highest BCUT2D eigenvalue weighted by Crippen LogP contribution is 2.21. The molecule has 0 atom stereocenters. The zero-order chi connectivity index (χ0) is 23.7. The van der Waals surface area contributed by atoms with Crippen molar-refractivity contribution in [1.29, 1.82) is 0 Å². The molecule has 11 heteroatoms. The molecule has 0 unspecified atom stereocenters. The van der Waals surface area contributed by atoms with Crippen molar-refractivity contribution in [3.05, 3.63) is 86.8 Å². The third-order valence-electron chi connectivity index (χ3n) is 5.04. The van der Waals surface area contributed by atoms with Crippen molar-refractivity contribution in [1.82, 2.24) is 15.0 Å². The summed E-state index contributed by atoms with van der Waals surface area (Å²) in [5.74, 6) is -2.56. The van der Waals surface area contributed by atoms with Gasteiger partial charge in [-0.05, 0) is 47.9 Å². The number of carboxylic acid groups (broad SMARTS) is 1. The van der Waals surface area contributed by atoms with Gasteiger partial charge in [0, 0.05) is 17.3 Å². The number of nitrogens with one attached hydrogen (secondary N) is 3. The van der Waals surface area contributed by atoms with Gasteiger partial charge in [0.2, 0.25) is 11.9 Å². The van der Waals surface area contributed by atoms with E-state index in [1.165, 1.54) is 18.2 Å². The molecule has 33 heavy (non-hydrogen) atoms. The quantitative estimate of drug-likeness (QED) is 0.258. The predicted octanol–water partition coefficient (Wildman–Crippen LogP) is 1.47. The molecule has 4 rings (SSSR count). The molecule has 4 aromatic rings. The number of carboxylic acids is 1. The molecule has 2 aromatic carbocycles. The molecule has 2 amide bonds. The van der Waals surface area contributed by atoms with Gasteiger partial charge in [0.25, 0.3) is 11.5 Å². The van der Waals surface area contributed by atoms with Crippen molar-refractivity contribution in [2.75, 3.05) is 11.1 Å². The number of primary amides is 1. The minimum atomic E-state index is -1.26. The van der Waals surface area contributed by atoms with Crippen LogP contribution in [0.4, 0.5) is 11.6 Å². The Bertz CT molecular complexity index is 1470. The van der Waals surface area contributed by atoms with E-state index in [4.69, 9.17) is 11.5 Å². The number of H-pyrrole nitrogens is 2.